The molecule has 0 aromatic carbocycles. The topological polar surface area (TPSA) is 123 Å². The van der Waals surface area contributed by atoms with Crippen LogP contribution in [0.15, 0.2) is 0 Å². The molecule has 0 saturated carbocycles. The molecule has 0 rings (SSSR count). The summed E-state index contributed by atoms with van der Waals surface area (Å²) >= 11 is 0. The lowest BCUT2D eigenvalue weighted by molar-refractivity contribution is -0.123. The molecule has 6 nitrogen and oxygen atoms in total. The van der Waals surface area contributed by atoms with Crippen molar-refractivity contribution in [3.63, 3.8) is 0 Å². The van der Waals surface area contributed by atoms with Crippen LogP contribution in [0.2, 0.25) is 0 Å². The van der Waals surface area contributed by atoms with E-state index >= 15 is 0 Å². The van der Waals surface area contributed by atoms with Gasteiger partial charge in [0.15, 0.2) is 0 Å². The minimum atomic E-state index is -3.09. The molecular weight excluding hydrogens is 171 g/mol. The molecule has 7 heteroatoms. The van der Waals surface area contributed by atoms with Crippen molar-refractivity contribution in [2.75, 3.05) is 0 Å². The zero-order chi connectivity index (χ0) is 9.02. The van der Waals surface area contributed by atoms with Crippen LogP contribution in [0.3, 0.4) is 0 Å². The van der Waals surface area contributed by atoms with Crippen LogP contribution in [0, 0.1) is 0 Å². The molecule has 0 aromatic heterocycles. The first-order valence-electron chi connectivity index (χ1n) is 2.75. The van der Waals surface area contributed by atoms with Crippen molar-refractivity contribution < 1.29 is 19.0 Å². The molecule has 0 aliphatic heterocycles. The van der Waals surface area contributed by atoms with Crippen LogP contribution in [0.1, 0.15) is 6.42 Å². The largest absolute Gasteiger partial charge is 0.370 e. The Morgan fingerprint density at radius 1 is 1.45 bits per heavy atom. The summed E-state index contributed by atoms with van der Waals surface area (Å²) in [5.74, 6) is -1.80. The fraction of sp³-hybridized carbons (Fsp3) is 0.500. The van der Waals surface area contributed by atoms with Gasteiger partial charge in [-0.05, 0) is 0 Å². The van der Waals surface area contributed by atoms with E-state index in [1.807, 2.05) is 0 Å². The molecule has 0 aliphatic rings. The van der Waals surface area contributed by atoms with Crippen molar-refractivity contribution in [1.82, 2.24) is 0 Å². The molecule has 0 radical (unpaired) electrons. The van der Waals surface area contributed by atoms with Crippen LogP contribution in [0.4, 0.5) is 0 Å². The number of carbonyl (C=O) groups is 2. The van der Waals surface area contributed by atoms with E-state index in [2.05, 4.69) is 5.73 Å². The van der Waals surface area contributed by atoms with Gasteiger partial charge < -0.3 is 16.4 Å². The van der Waals surface area contributed by atoms with Crippen molar-refractivity contribution in [2.45, 2.75) is 12.1 Å². The minimum Gasteiger partial charge on any atom is -0.370 e. The minimum absolute atomic E-state index is 0.469. The quantitative estimate of drug-likeness (QED) is 0.440. The van der Waals surface area contributed by atoms with Crippen LogP contribution in [-0.2, 0) is 14.2 Å². The van der Waals surface area contributed by atoms with Crippen molar-refractivity contribution >= 4 is 19.8 Å². The van der Waals surface area contributed by atoms with E-state index in [0.717, 1.165) is 0 Å². The third-order valence-corrected chi connectivity index (χ3v) is 2.13. The fourth-order valence-corrected chi connectivity index (χ4v) is 1.13. The van der Waals surface area contributed by atoms with Crippen LogP contribution in [-0.4, -0.2) is 22.4 Å². The molecular formula is C4H9N2O4P. The second-order valence-corrected chi connectivity index (χ2v) is 3.34. The normalized spacial score (nSPS) is 15.4. The van der Waals surface area contributed by atoms with Gasteiger partial charge in [0.2, 0.25) is 19.8 Å². The summed E-state index contributed by atoms with van der Waals surface area (Å²) in [4.78, 5) is 29.0. The number of amides is 2. The lowest BCUT2D eigenvalue weighted by Gasteiger charge is -2.05. The highest BCUT2D eigenvalue weighted by Gasteiger charge is 2.22. The highest BCUT2D eigenvalue weighted by atomic mass is 31.1. The average Bonchev–Trinajstić information content (AvgIpc) is 1.81. The Morgan fingerprint density at radius 2 is 1.91 bits per heavy atom. The molecule has 0 aromatic rings. The molecule has 64 valence electrons. The Bertz CT molecular complexity index is 190. The predicted molar refractivity (Wildman–Crippen MR) is 38.0 cm³/mol. The van der Waals surface area contributed by atoms with E-state index in [0.29, 0.717) is 0 Å². The Hall–Kier alpha value is -0.870. The molecule has 0 bridgehead atoms. The Morgan fingerprint density at radius 3 is 2.00 bits per heavy atom. The number of hydrogen-bond acceptors (Lipinski definition) is 3. The van der Waals surface area contributed by atoms with Gasteiger partial charge in [0.1, 0.15) is 5.66 Å². The van der Waals surface area contributed by atoms with Crippen LogP contribution in [0.25, 0.3) is 0 Å². The number of carbonyl (C=O) groups excluding carboxylic acids is 2. The average molecular weight is 180 g/mol. The summed E-state index contributed by atoms with van der Waals surface area (Å²) in [6.07, 6.45) is -0.469. The van der Waals surface area contributed by atoms with Gasteiger partial charge in [-0.25, -0.2) is 0 Å². The number of hydrogen-bond donors (Lipinski definition) is 3. The Kier molecular flexibility index (Phi) is 3.78. The van der Waals surface area contributed by atoms with Gasteiger partial charge >= 0.3 is 0 Å². The second-order valence-electron chi connectivity index (χ2n) is 1.96. The lowest BCUT2D eigenvalue weighted by Crippen LogP contribution is -2.30. The van der Waals surface area contributed by atoms with E-state index < -0.39 is 31.9 Å². The third-order valence-electron chi connectivity index (χ3n) is 1.05. The fourth-order valence-electron chi connectivity index (χ4n) is 0.511. The number of nitrogens with two attached hydrogens (primary N) is 2. The lowest BCUT2D eigenvalue weighted by atomic mass is 10.3. The molecule has 0 fully saturated rings. The zero-order valence-corrected chi connectivity index (χ0v) is 6.61. The maximum absolute atomic E-state index is 10.4. The molecule has 2 unspecified atom stereocenters. The van der Waals surface area contributed by atoms with E-state index in [-0.39, 0.29) is 0 Å². The number of rotatable bonds is 4. The molecule has 2 atom stereocenters. The summed E-state index contributed by atoms with van der Waals surface area (Å²) in [5, 5.41) is 0. The summed E-state index contributed by atoms with van der Waals surface area (Å²) in [5.41, 5.74) is 8.07. The smallest absolute Gasteiger partial charge is 0.230 e. The maximum Gasteiger partial charge on any atom is 0.230 e. The van der Waals surface area contributed by atoms with Crippen LogP contribution >= 0.6 is 8.03 Å². The van der Waals surface area contributed by atoms with Crippen molar-refractivity contribution in [1.29, 1.82) is 0 Å². The number of primary amides is 2. The highest BCUT2D eigenvalue weighted by molar-refractivity contribution is 7.40. The van der Waals surface area contributed by atoms with Crippen LogP contribution < -0.4 is 11.5 Å². The zero-order valence-electron chi connectivity index (χ0n) is 5.61. The molecule has 11 heavy (non-hydrogen) atoms. The standard InChI is InChI=1S/C4H9N2O4P/c5-3(7)1-2(4(6)8)11(9)10/h2,11H,1H2,(H2,5,7)(H2,6,8)(H,9,10). The van der Waals surface area contributed by atoms with Crippen LogP contribution in [0.5, 0.6) is 0 Å². The SMILES string of the molecule is NC(=O)CC(C(N)=O)[PH](=O)O. The van der Waals surface area contributed by atoms with Gasteiger partial charge in [-0.1, -0.05) is 0 Å². The summed E-state index contributed by atoms with van der Waals surface area (Å²) < 4.78 is 10.4. The van der Waals surface area contributed by atoms with Crippen molar-refractivity contribution in [3.8, 4) is 0 Å². The van der Waals surface area contributed by atoms with Gasteiger partial charge in [0.05, 0.1) is 0 Å². The van der Waals surface area contributed by atoms with Gasteiger partial charge in [-0.15, -0.1) is 0 Å². The monoisotopic (exact) mass is 180 g/mol. The Balaban J connectivity index is 4.23. The third kappa shape index (κ3) is 3.75. The van der Waals surface area contributed by atoms with E-state index in [1.54, 1.807) is 0 Å². The first kappa shape index (κ1) is 10.1. The van der Waals surface area contributed by atoms with E-state index in [9.17, 15) is 14.2 Å². The summed E-state index contributed by atoms with van der Waals surface area (Å²) in [6, 6.07) is 0. The van der Waals surface area contributed by atoms with Gasteiger partial charge in [-0.3, -0.25) is 14.2 Å². The summed E-state index contributed by atoms with van der Waals surface area (Å²) in [6.45, 7) is 0. The molecule has 2 amide bonds. The van der Waals surface area contributed by atoms with Crippen molar-refractivity contribution in [3.05, 3.63) is 0 Å². The van der Waals surface area contributed by atoms with Gasteiger partial charge in [0, 0.05) is 6.42 Å². The molecule has 0 saturated heterocycles. The van der Waals surface area contributed by atoms with Gasteiger partial charge in [-0.2, -0.15) is 0 Å². The second kappa shape index (κ2) is 4.10. The van der Waals surface area contributed by atoms with Crippen molar-refractivity contribution in [2.24, 2.45) is 11.5 Å². The Labute approximate surface area is 63.4 Å². The van der Waals surface area contributed by atoms with E-state index in [1.165, 1.54) is 0 Å². The maximum atomic E-state index is 10.4. The molecule has 5 N–H and O–H groups in total. The predicted octanol–water partition coefficient (Wildman–Crippen LogP) is -1.82. The highest BCUT2D eigenvalue weighted by Crippen LogP contribution is 2.24. The first-order valence-corrected chi connectivity index (χ1v) is 4.19. The summed E-state index contributed by atoms with van der Waals surface area (Å²) in [7, 11) is -3.09. The molecule has 0 aliphatic carbocycles. The first-order chi connectivity index (χ1) is 4.95. The van der Waals surface area contributed by atoms with E-state index in [4.69, 9.17) is 10.6 Å². The van der Waals surface area contributed by atoms with Gasteiger partial charge in [0.25, 0.3) is 0 Å². The molecule has 0 spiro atoms. The molecule has 0 heterocycles.